The Hall–Kier alpha value is -2.61. The van der Waals surface area contributed by atoms with E-state index in [1.807, 2.05) is 11.8 Å². The Bertz CT molecular complexity index is 950. The number of aryl methyl sites for hydroxylation is 1. The fraction of sp³-hybridized carbons (Fsp3) is 0.545. The van der Waals surface area contributed by atoms with Crippen molar-refractivity contribution in [1.29, 1.82) is 0 Å². The van der Waals surface area contributed by atoms with Crippen LogP contribution >= 0.6 is 0 Å². The highest BCUT2D eigenvalue weighted by atomic mass is 19.1. The third-order valence-electron chi connectivity index (χ3n) is 6.96. The molecular formula is C22H28FN5O2. The molecule has 3 fully saturated rings. The first-order valence-corrected chi connectivity index (χ1v) is 10.9. The zero-order chi connectivity index (χ0) is 20.8. The van der Waals surface area contributed by atoms with Crippen molar-refractivity contribution in [2.45, 2.75) is 50.7 Å². The second-order valence-electron chi connectivity index (χ2n) is 8.85. The minimum Gasteiger partial charge on any atom is -0.350 e. The molecular weight excluding hydrogens is 385 g/mol. The third kappa shape index (κ3) is 3.43. The summed E-state index contributed by atoms with van der Waals surface area (Å²) in [5.41, 5.74) is 2.01. The second kappa shape index (κ2) is 7.58. The number of rotatable bonds is 3. The fourth-order valence-corrected chi connectivity index (χ4v) is 5.30. The monoisotopic (exact) mass is 413 g/mol. The van der Waals surface area contributed by atoms with Crippen LogP contribution in [0.1, 0.15) is 41.7 Å². The first kappa shape index (κ1) is 19.4. The quantitative estimate of drug-likeness (QED) is 0.723. The molecule has 3 amide bonds. The van der Waals surface area contributed by atoms with Crippen LogP contribution in [-0.4, -0.2) is 71.0 Å². The van der Waals surface area contributed by atoms with Gasteiger partial charge in [0.25, 0.3) is 5.91 Å². The van der Waals surface area contributed by atoms with Crippen LogP contribution < -0.4 is 10.6 Å². The lowest BCUT2D eigenvalue weighted by Gasteiger charge is -2.43. The molecule has 30 heavy (non-hydrogen) atoms. The molecule has 1 aliphatic carbocycles. The highest BCUT2D eigenvalue weighted by Crippen LogP contribution is 2.27. The number of fused-ring (bicyclic) bond motifs is 2. The molecule has 0 spiro atoms. The van der Waals surface area contributed by atoms with E-state index < -0.39 is 0 Å². The Kier molecular flexibility index (Phi) is 4.89. The van der Waals surface area contributed by atoms with Crippen LogP contribution in [0.25, 0.3) is 10.9 Å². The summed E-state index contributed by atoms with van der Waals surface area (Å²) >= 11 is 0. The number of halogens is 1. The van der Waals surface area contributed by atoms with Gasteiger partial charge in [-0.2, -0.15) is 0 Å². The van der Waals surface area contributed by atoms with Crippen LogP contribution in [0, 0.1) is 12.7 Å². The highest BCUT2D eigenvalue weighted by Gasteiger charge is 2.38. The van der Waals surface area contributed by atoms with E-state index >= 15 is 0 Å². The first-order chi connectivity index (χ1) is 14.5. The molecule has 8 heteroatoms. The van der Waals surface area contributed by atoms with Gasteiger partial charge in [-0.25, -0.2) is 9.18 Å². The van der Waals surface area contributed by atoms with E-state index in [4.69, 9.17) is 0 Å². The molecule has 2 aromatic rings. The van der Waals surface area contributed by atoms with Crippen LogP contribution in [0.15, 0.2) is 18.2 Å². The Morgan fingerprint density at radius 1 is 1.23 bits per heavy atom. The van der Waals surface area contributed by atoms with Crippen molar-refractivity contribution < 1.29 is 14.0 Å². The van der Waals surface area contributed by atoms with Gasteiger partial charge in [-0.05, 0) is 50.3 Å². The number of nitrogens with one attached hydrogen (secondary N) is 3. The first-order valence-electron chi connectivity index (χ1n) is 10.9. The molecule has 0 radical (unpaired) electrons. The topological polar surface area (TPSA) is 80.5 Å². The lowest BCUT2D eigenvalue weighted by molar-refractivity contribution is 0.0630. The van der Waals surface area contributed by atoms with Gasteiger partial charge in [0.15, 0.2) is 0 Å². The van der Waals surface area contributed by atoms with Gasteiger partial charge >= 0.3 is 6.03 Å². The van der Waals surface area contributed by atoms with E-state index in [1.165, 1.54) is 6.07 Å². The number of nitrogens with zero attached hydrogens (tertiary/aromatic N) is 2. The van der Waals surface area contributed by atoms with Crippen molar-refractivity contribution in [2.75, 3.05) is 26.2 Å². The second-order valence-corrected chi connectivity index (χ2v) is 8.85. The maximum Gasteiger partial charge on any atom is 0.317 e. The predicted molar refractivity (Wildman–Crippen MR) is 112 cm³/mol. The van der Waals surface area contributed by atoms with Crippen molar-refractivity contribution >= 4 is 22.8 Å². The van der Waals surface area contributed by atoms with Crippen molar-refractivity contribution in [3.05, 3.63) is 35.3 Å². The van der Waals surface area contributed by atoms with Crippen molar-refractivity contribution in [1.82, 2.24) is 25.4 Å². The number of carbonyl (C=O) groups excluding carboxylic acids is 2. The minimum absolute atomic E-state index is 0.0541. The van der Waals surface area contributed by atoms with Crippen LogP contribution in [-0.2, 0) is 0 Å². The van der Waals surface area contributed by atoms with Gasteiger partial charge in [0, 0.05) is 43.6 Å². The van der Waals surface area contributed by atoms with Crippen molar-refractivity contribution in [3.63, 3.8) is 0 Å². The van der Waals surface area contributed by atoms with E-state index in [1.54, 1.807) is 12.1 Å². The molecule has 0 unspecified atom stereocenters. The number of urea groups is 1. The van der Waals surface area contributed by atoms with E-state index in [9.17, 15) is 14.0 Å². The molecule has 5 rings (SSSR count). The molecule has 7 nitrogen and oxygen atoms in total. The molecule has 3 atom stereocenters. The van der Waals surface area contributed by atoms with Crippen LogP contribution in [0.3, 0.4) is 0 Å². The summed E-state index contributed by atoms with van der Waals surface area (Å²) in [7, 11) is 0. The molecule has 1 aromatic heterocycles. The summed E-state index contributed by atoms with van der Waals surface area (Å²) in [5.74, 6) is -0.492. The normalized spacial score (nSPS) is 27.2. The Balaban J connectivity index is 1.23. The van der Waals surface area contributed by atoms with Crippen LogP contribution in [0.4, 0.5) is 9.18 Å². The maximum absolute atomic E-state index is 14.1. The Labute approximate surface area is 175 Å². The average molecular weight is 413 g/mol. The summed E-state index contributed by atoms with van der Waals surface area (Å²) in [6.45, 7) is 5.17. The number of hydrogen-bond acceptors (Lipinski definition) is 3. The van der Waals surface area contributed by atoms with E-state index in [0.717, 1.165) is 57.4 Å². The molecule has 3 aliphatic rings. The molecule has 3 N–H and O–H groups in total. The SMILES string of the molecule is Cc1ccc(F)c2cc(C(=O)N[C@@H]3CCC[C@@H](N4CCN5C(=O)NC[C@@H]5C4)C3)[nH]c12. The zero-order valence-electron chi connectivity index (χ0n) is 17.2. The van der Waals surface area contributed by atoms with Crippen molar-refractivity contribution in [2.24, 2.45) is 0 Å². The summed E-state index contributed by atoms with van der Waals surface area (Å²) in [4.78, 5) is 32.2. The van der Waals surface area contributed by atoms with E-state index in [0.29, 0.717) is 22.6 Å². The van der Waals surface area contributed by atoms with Crippen LogP contribution in [0.5, 0.6) is 0 Å². The molecule has 160 valence electrons. The lowest BCUT2D eigenvalue weighted by atomic mass is 9.89. The number of piperazine rings is 1. The lowest BCUT2D eigenvalue weighted by Crippen LogP contribution is -2.56. The van der Waals surface area contributed by atoms with Gasteiger partial charge < -0.3 is 20.5 Å². The van der Waals surface area contributed by atoms with Gasteiger partial charge in [-0.3, -0.25) is 9.69 Å². The summed E-state index contributed by atoms with van der Waals surface area (Å²) in [6.07, 6.45) is 4.06. The Morgan fingerprint density at radius 2 is 2.10 bits per heavy atom. The number of amides is 3. The third-order valence-corrected chi connectivity index (χ3v) is 6.96. The molecule has 3 heterocycles. The number of hydrogen-bond donors (Lipinski definition) is 3. The minimum atomic E-state index is -0.317. The summed E-state index contributed by atoms with van der Waals surface area (Å²) in [5, 5.41) is 6.55. The summed E-state index contributed by atoms with van der Waals surface area (Å²) in [6, 6.07) is 5.60. The zero-order valence-corrected chi connectivity index (χ0v) is 17.2. The summed E-state index contributed by atoms with van der Waals surface area (Å²) < 4.78 is 14.1. The molecule has 2 aliphatic heterocycles. The van der Waals surface area contributed by atoms with Gasteiger partial charge in [-0.1, -0.05) is 6.07 Å². The van der Waals surface area contributed by atoms with Crippen LogP contribution in [0.2, 0.25) is 0 Å². The number of aromatic nitrogens is 1. The fourth-order valence-electron chi connectivity index (χ4n) is 5.30. The van der Waals surface area contributed by atoms with Gasteiger partial charge in [0.05, 0.1) is 11.6 Å². The highest BCUT2D eigenvalue weighted by molar-refractivity contribution is 5.99. The number of H-pyrrole nitrogens is 1. The molecule has 2 saturated heterocycles. The number of aromatic amines is 1. The van der Waals surface area contributed by atoms with Gasteiger partial charge in [-0.15, -0.1) is 0 Å². The smallest absolute Gasteiger partial charge is 0.317 e. The van der Waals surface area contributed by atoms with E-state index in [2.05, 4.69) is 20.5 Å². The molecule has 0 bridgehead atoms. The predicted octanol–water partition coefficient (Wildman–Crippen LogP) is 2.37. The number of carbonyl (C=O) groups is 2. The average Bonchev–Trinajstić information content (AvgIpc) is 3.36. The van der Waals surface area contributed by atoms with Crippen molar-refractivity contribution in [3.8, 4) is 0 Å². The largest absolute Gasteiger partial charge is 0.350 e. The Morgan fingerprint density at radius 3 is 2.93 bits per heavy atom. The van der Waals surface area contributed by atoms with Gasteiger partial charge in [0.2, 0.25) is 0 Å². The molecule has 1 saturated carbocycles. The maximum atomic E-state index is 14.1. The standard InChI is InChI=1S/C22H28FN5O2/c1-13-5-6-18(23)17-10-19(26-20(13)17)21(29)25-14-3-2-4-15(9-14)27-7-8-28-16(12-27)11-24-22(28)30/h5-6,10,14-16,26H,2-4,7-9,11-12H2,1H3,(H,24,30)(H,25,29)/t14-,15-,16-/m1/s1. The van der Waals surface area contributed by atoms with Gasteiger partial charge in [0.1, 0.15) is 11.5 Å². The van der Waals surface area contributed by atoms with E-state index in [-0.39, 0.29) is 29.8 Å². The number of benzene rings is 1. The molecule has 1 aromatic carbocycles.